The SMILES string of the molecule is CCCCC#C/C=C\CCCC. The Morgan fingerprint density at radius 1 is 1.08 bits per heavy atom. The summed E-state index contributed by atoms with van der Waals surface area (Å²) in [7, 11) is 0. The topological polar surface area (TPSA) is 0 Å². The maximum atomic E-state index is 3.13. The fourth-order valence-electron chi connectivity index (χ4n) is 0.860. The molecule has 0 saturated carbocycles. The van der Waals surface area contributed by atoms with E-state index in [0.717, 1.165) is 6.42 Å². The maximum absolute atomic E-state index is 3.13. The van der Waals surface area contributed by atoms with Gasteiger partial charge in [-0.25, -0.2) is 0 Å². The molecule has 0 aliphatic carbocycles. The van der Waals surface area contributed by atoms with Crippen LogP contribution in [-0.2, 0) is 0 Å². The van der Waals surface area contributed by atoms with E-state index in [9.17, 15) is 0 Å². The molecular formula is C12H20. The van der Waals surface area contributed by atoms with E-state index in [2.05, 4.69) is 31.8 Å². The molecule has 0 amide bonds. The number of hydrogen-bond donors (Lipinski definition) is 0. The first-order valence-electron chi connectivity index (χ1n) is 5.05. The van der Waals surface area contributed by atoms with Gasteiger partial charge in [-0.05, 0) is 18.9 Å². The summed E-state index contributed by atoms with van der Waals surface area (Å²) in [6.07, 6.45) is 11.4. The molecule has 0 radical (unpaired) electrons. The van der Waals surface area contributed by atoms with E-state index in [4.69, 9.17) is 0 Å². The number of allylic oxidation sites excluding steroid dienone is 2. The molecule has 0 N–H and O–H groups in total. The molecule has 0 atom stereocenters. The molecular weight excluding hydrogens is 144 g/mol. The summed E-state index contributed by atoms with van der Waals surface area (Å²) >= 11 is 0. The number of rotatable bonds is 5. The van der Waals surface area contributed by atoms with Crippen molar-refractivity contribution in [1.29, 1.82) is 0 Å². The van der Waals surface area contributed by atoms with Crippen LogP contribution in [0, 0.1) is 11.8 Å². The first-order chi connectivity index (χ1) is 5.91. The fraction of sp³-hybridized carbons (Fsp3) is 0.667. The van der Waals surface area contributed by atoms with Crippen molar-refractivity contribution in [2.75, 3.05) is 0 Å². The Kier molecular flexibility index (Phi) is 9.70. The number of hydrogen-bond acceptors (Lipinski definition) is 0. The van der Waals surface area contributed by atoms with Gasteiger partial charge in [-0.15, -0.1) is 0 Å². The van der Waals surface area contributed by atoms with Gasteiger partial charge >= 0.3 is 0 Å². The quantitative estimate of drug-likeness (QED) is 0.426. The Morgan fingerprint density at radius 3 is 2.50 bits per heavy atom. The summed E-state index contributed by atoms with van der Waals surface area (Å²) in [5, 5.41) is 0. The Balaban J connectivity index is 3.23. The molecule has 0 saturated heterocycles. The highest BCUT2D eigenvalue weighted by Gasteiger charge is 1.76. The molecule has 12 heavy (non-hydrogen) atoms. The van der Waals surface area contributed by atoms with Crippen molar-refractivity contribution < 1.29 is 0 Å². The lowest BCUT2D eigenvalue weighted by atomic mass is 10.2. The zero-order chi connectivity index (χ0) is 9.07. The lowest BCUT2D eigenvalue weighted by molar-refractivity contribution is 0.815. The van der Waals surface area contributed by atoms with Crippen LogP contribution in [0.4, 0.5) is 0 Å². The van der Waals surface area contributed by atoms with Crippen molar-refractivity contribution in [3.05, 3.63) is 12.2 Å². The molecule has 0 aliphatic heterocycles. The molecule has 0 spiro atoms. The third kappa shape index (κ3) is 9.30. The van der Waals surface area contributed by atoms with E-state index >= 15 is 0 Å². The predicted molar refractivity (Wildman–Crippen MR) is 56.0 cm³/mol. The number of unbranched alkanes of at least 4 members (excludes halogenated alkanes) is 4. The van der Waals surface area contributed by atoms with E-state index in [-0.39, 0.29) is 0 Å². The lowest BCUT2D eigenvalue weighted by Gasteiger charge is -1.85. The van der Waals surface area contributed by atoms with Crippen LogP contribution in [0.3, 0.4) is 0 Å². The third-order valence-corrected chi connectivity index (χ3v) is 1.68. The van der Waals surface area contributed by atoms with Gasteiger partial charge in [-0.2, -0.15) is 0 Å². The van der Waals surface area contributed by atoms with Crippen LogP contribution in [0.25, 0.3) is 0 Å². The van der Waals surface area contributed by atoms with Gasteiger partial charge in [-0.3, -0.25) is 0 Å². The van der Waals surface area contributed by atoms with Crippen LogP contribution in [0.15, 0.2) is 12.2 Å². The van der Waals surface area contributed by atoms with Gasteiger partial charge in [-0.1, -0.05) is 51.0 Å². The van der Waals surface area contributed by atoms with Crippen LogP contribution >= 0.6 is 0 Å². The van der Waals surface area contributed by atoms with Crippen LogP contribution in [0.2, 0.25) is 0 Å². The third-order valence-electron chi connectivity index (χ3n) is 1.68. The zero-order valence-electron chi connectivity index (χ0n) is 8.40. The molecule has 0 aromatic rings. The van der Waals surface area contributed by atoms with Gasteiger partial charge in [0, 0.05) is 6.42 Å². The van der Waals surface area contributed by atoms with Crippen LogP contribution in [0.5, 0.6) is 0 Å². The first-order valence-corrected chi connectivity index (χ1v) is 5.05. The maximum Gasteiger partial charge on any atom is 0.00921 e. The van der Waals surface area contributed by atoms with Gasteiger partial charge in [0.15, 0.2) is 0 Å². The van der Waals surface area contributed by atoms with Gasteiger partial charge in [0.2, 0.25) is 0 Å². The normalized spacial score (nSPS) is 9.83. The highest BCUT2D eigenvalue weighted by molar-refractivity contribution is 5.14. The van der Waals surface area contributed by atoms with Gasteiger partial charge in [0.25, 0.3) is 0 Å². The Bertz CT molecular complexity index is 155. The Hall–Kier alpha value is -0.700. The predicted octanol–water partition coefficient (Wildman–Crippen LogP) is 3.93. The summed E-state index contributed by atoms with van der Waals surface area (Å²) < 4.78 is 0. The van der Waals surface area contributed by atoms with Gasteiger partial charge in [0.05, 0.1) is 0 Å². The average molecular weight is 164 g/mol. The molecule has 68 valence electrons. The standard InChI is InChI=1S/C12H20/c1-3-5-7-9-11-12-10-8-6-4-2/h9,11H,3-8H2,1-2H3/b11-9-. The van der Waals surface area contributed by atoms with Crippen molar-refractivity contribution in [3.8, 4) is 11.8 Å². The molecule has 0 heterocycles. The minimum atomic E-state index is 1.05. The van der Waals surface area contributed by atoms with Crippen molar-refractivity contribution in [2.24, 2.45) is 0 Å². The second-order valence-corrected chi connectivity index (χ2v) is 2.97. The largest absolute Gasteiger partial charge is 0.0985 e. The van der Waals surface area contributed by atoms with E-state index < -0.39 is 0 Å². The zero-order valence-corrected chi connectivity index (χ0v) is 8.40. The highest BCUT2D eigenvalue weighted by Crippen LogP contribution is 1.94. The molecule has 0 unspecified atom stereocenters. The molecule has 0 rings (SSSR count). The van der Waals surface area contributed by atoms with E-state index in [1.807, 2.05) is 6.08 Å². The molecule has 0 nitrogen and oxygen atoms in total. The monoisotopic (exact) mass is 164 g/mol. The summed E-state index contributed by atoms with van der Waals surface area (Å²) in [5.74, 6) is 6.17. The summed E-state index contributed by atoms with van der Waals surface area (Å²) in [4.78, 5) is 0. The smallest absolute Gasteiger partial charge is 0.00921 e. The minimum absolute atomic E-state index is 1.05. The summed E-state index contributed by atoms with van der Waals surface area (Å²) in [5.41, 5.74) is 0. The Morgan fingerprint density at radius 2 is 1.83 bits per heavy atom. The molecule has 0 fully saturated rings. The first kappa shape index (κ1) is 11.3. The fourth-order valence-corrected chi connectivity index (χ4v) is 0.860. The molecule has 0 aliphatic rings. The second kappa shape index (κ2) is 10.3. The lowest BCUT2D eigenvalue weighted by Crippen LogP contribution is -1.67. The van der Waals surface area contributed by atoms with Crippen molar-refractivity contribution >= 4 is 0 Å². The van der Waals surface area contributed by atoms with Gasteiger partial charge < -0.3 is 0 Å². The van der Waals surface area contributed by atoms with E-state index in [0.29, 0.717) is 0 Å². The minimum Gasteiger partial charge on any atom is -0.0985 e. The highest BCUT2D eigenvalue weighted by atomic mass is 13.8. The van der Waals surface area contributed by atoms with E-state index in [1.165, 1.54) is 32.1 Å². The van der Waals surface area contributed by atoms with E-state index in [1.54, 1.807) is 0 Å². The summed E-state index contributed by atoms with van der Waals surface area (Å²) in [6.45, 7) is 4.40. The van der Waals surface area contributed by atoms with Crippen molar-refractivity contribution in [1.82, 2.24) is 0 Å². The summed E-state index contributed by atoms with van der Waals surface area (Å²) in [6, 6.07) is 0. The van der Waals surface area contributed by atoms with Crippen LogP contribution in [0.1, 0.15) is 52.4 Å². The van der Waals surface area contributed by atoms with Crippen molar-refractivity contribution in [3.63, 3.8) is 0 Å². The molecule has 0 bridgehead atoms. The van der Waals surface area contributed by atoms with Crippen LogP contribution in [-0.4, -0.2) is 0 Å². The van der Waals surface area contributed by atoms with Crippen molar-refractivity contribution in [2.45, 2.75) is 52.4 Å². The van der Waals surface area contributed by atoms with Crippen LogP contribution < -0.4 is 0 Å². The molecule has 0 aromatic carbocycles. The second-order valence-electron chi connectivity index (χ2n) is 2.97. The average Bonchev–Trinajstić information content (AvgIpc) is 2.10. The molecule has 0 aromatic heterocycles. The molecule has 0 heteroatoms. The van der Waals surface area contributed by atoms with Gasteiger partial charge in [0.1, 0.15) is 0 Å². The Labute approximate surface area is 77.1 Å².